The molecule has 118 valence electrons. The molecule has 0 atom stereocenters. The lowest BCUT2D eigenvalue weighted by Gasteiger charge is -2.26. The van der Waals surface area contributed by atoms with Gasteiger partial charge in [0.1, 0.15) is 5.52 Å². The second kappa shape index (κ2) is 6.85. The average Bonchev–Trinajstić information content (AvgIpc) is 2.52. The molecule has 3 rings (SSSR count). The minimum absolute atomic E-state index is 0.384. The first kappa shape index (κ1) is 14.9. The van der Waals surface area contributed by atoms with E-state index in [0.717, 1.165) is 51.4 Å². The number of nitrogens with zero attached hydrogens (tertiary/aromatic N) is 4. The molecule has 1 fully saturated rings. The molecule has 0 saturated carbocycles. The van der Waals surface area contributed by atoms with E-state index in [9.17, 15) is 5.21 Å². The summed E-state index contributed by atoms with van der Waals surface area (Å²) in [5.41, 5.74) is 2.23. The highest BCUT2D eigenvalue weighted by Crippen LogP contribution is 2.10. The first-order chi connectivity index (χ1) is 10.7. The van der Waals surface area contributed by atoms with E-state index >= 15 is 0 Å². The maximum Gasteiger partial charge on any atom is 0.290 e. The highest BCUT2D eigenvalue weighted by Gasteiger charge is 2.12. The van der Waals surface area contributed by atoms with Gasteiger partial charge in [-0.1, -0.05) is 6.07 Å². The summed E-state index contributed by atoms with van der Waals surface area (Å²) in [6.07, 6.45) is 0.980. The lowest BCUT2D eigenvalue weighted by molar-refractivity contribution is -0.641. The SMILES string of the molecule is Cc1ccc2c(c1)nc(NCCCN1CCOCC1)n[n+]2[O-]. The number of benzene rings is 1. The summed E-state index contributed by atoms with van der Waals surface area (Å²) in [6, 6.07) is 5.53. The third kappa shape index (κ3) is 3.61. The Morgan fingerprint density at radius 1 is 1.36 bits per heavy atom. The Balaban J connectivity index is 1.57. The van der Waals surface area contributed by atoms with Crippen LogP contribution < -0.4 is 10.2 Å². The van der Waals surface area contributed by atoms with E-state index in [0.29, 0.717) is 21.8 Å². The summed E-state index contributed by atoms with van der Waals surface area (Å²) in [7, 11) is 0. The zero-order chi connectivity index (χ0) is 15.4. The van der Waals surface area contributed by atoms with Crippen LogP contribution in [0.4, 0.5) is 5.95 Å². The van der Waals surface area contributed by atoms with Crippen LogP contribution in [0.25, 0.3) is 11.0 Å². The lowest BCUT2D eigenvalue weighted by atomic mass is 10.2. The third-order valence-corrected chi connectivity index (χ3v) is 3.79. The van der Waals surface area contributed by atoms with Crippen molar-refractivity contribution in [1.29, 1.82) is 0 Å². The van der Waals surface area contributed by atoms with Crippen LogP contribution in [0.15, 0.2) is 18.2 Å². The van der Waals surface area contributed by atoms with Crippen molar-refractivity contribution in [1.82, 2.24) is 15.0 Å². The largest absolute Gasteiger partial charge is 0.594 e. The summed E-state index contributed by atoms with van der Waals surface area (Å²) >= 11 is 0. The predicted octanol–water partition coefficient (Wildman–Crippen LogP) is 0.706. The number of ether oxygens (including phenoxy) is 1. The third-order valence-electron chi connectivity index (χ3n) is 3.79. The molecular formula is C15H21N5O2. The van der Waals surface area contributed by atoms with Gasteiger partial charge in [0.05, 0.1) is 18.3 Å². The second-order valence-corrected chi connectivity index (χ2v) is 5.53. The van der Waals surface area contributed by atoms with E-state index < -0.39 is 0 Å². The zero-order valence-electron chi connectivity index (χ0n) is 12.8. The van der Waals surface area contributed by atoms with Crippen LogP contribution in [0.5, 0.6) is 0 Å². The highest BCUT2D eigenvalue weighted by atomic mass is 16.5. The molecule has 0 radical (unpaired) electrons. The number of fused-ring (bicyclic) bond motifs is 1. The number of aryl methyl sites for hydroxylation is 1. The van der Waals surface area contributed by atoms with Crippen molar-refractivity contribution in [2.45, 2.75) is 13.3 Å². The Kier molecular flexibility index (Phi) is 4.65. The number of hydrogen-bond donors (Lipinski definition) is 1. The van der Waals surface area contributed by atoms with E-state index in [4.69, 9.17) is 4.74 Å². The van der Waals surface area contributed by atoms with Gasteiger partial charge in [0.2, 0.25) is 0 Å². The van der Waals surface area contributed by atoms with Gasteiger partial charge in [-0.3, -0.25) is 4.90 Å². The number of anilines is 1. The van der Waals surface area contributed by atoms with Gasteiger partial charge in [0.15, 0.2) is 0 Å². The van der Waals surface area contributed by atoms with Crippen LogP contribution in [-0.4, -0.2) is 54.4 Å². The molecule has 0 spiro atoms. The van der Waals surface area contributed by atoms with Crippen LogP contribution in [0.3, 0.4) is 0 Å². The molecule has 2 aromatic rings. The van der Waals surface area contributed by atoms with Crippen molar-refractivity contribution in [3.05, 3.63) is 29.0 Å². The second-order valence-electron chi connectivity index (χ2n) is 5.53. The molecule has 0 unspecified atom stereocenters. The molecule has 22 heavy (non-hydrogen) atoms. The Bertz CT molecular complexity index is 643. The number of morpholine rings is 1. The molecule has 1 saturated heterocycles. The topological polar surface area (TPSA) is 77.2 Å². The van der Waals surface area contributed by atoms with Gasteiger partial charge in [-0.05, 0) is 36.4 Å². The van der Waals surface area contributed by atoms with Crippen LogP contribution >= 0.6 is 0 Å². The summed E-state index contributed by atoms with van der Waals surface area (Å²) in [4.78, 5) is 7.41. The van der Waals surface area contributed by atoms with Gasteiger partial charge in [0, 0.05) is 25.7 Å². The van der Waals surface area contributed by atoms with Gasteiger partial charge in [-0.15, -0.1) is 0 Å². The lowest BCUT2D eigenvalue weighted by Crippen LogP contribution is -2.37. The molecule has 0 amide bonds. The van der Waals surface area contributed by atoms with Crippen molar-refractivity contribution >= 4 is 17.0 Å². The smallest absolute Gasteiger partial charge is 0.290 e. The van der Waals surface area contributed by atoms with E-state index in [1.165, 1.54) is 0 Å². The van der Waals surface area contributed by atoms with E-state index in [1.807, 2.05) is 19.1 Å². The minimum atomic E-state index is 0.384. The van der Waals surface area contributed by atoms with Crippen molar-refractivity contribution in [3.63, 3.8) is 0 Å². The Morgan fingerprint density at radius 2 is 2.18 bits per heavy atom. The monoisotopic (exact) mass is 303 g/mol. The highest BCUT2D eigenvalue weighted by molar-refractivity contribution is 5.72. The minimum Gasteiger partial charge on any atom is -0.594 e. The maximum atomic E-state index is 11.9. The molecule has 1 aromatic carbocycles. The van der Waals surface area contributed by atoms with Crippen molar-refractivity contribution < 1.29 is 9.58 Å². The fourth-order valence-corrected chi connectivity index (χ4v) is 2.56. The maximum absolute atomic E-state index is 11.9. The van der Waals surface area contributed by atoms with Crippen molar-refractivity contribution in [3.8, 4) is 0 Å². The molecule has 1 N–H and O–H groups in total. The van der Waals surface area contributed by atoms with E-state index in [-0.39, 0.29) is 0 Å². The van der Waals surface area contributed by atoms with Crippen LogP contribution in [-0.2, 0) is 4.74 Å². The Morgan fingerprint density at radius 3 is 3.00 bits per heavy atom. The molecule has 7 nitrogen and oxygen atoms in total. The summed E-state index contributed by atoms with van der Waals surface area (Å²) < 4.78 is 5.32. The van der Waals surface area contributed by atoms with Gasteiger partial charge >= 0.3 is 0 Å². The molecule has 7 heteroatoms. The Hall–Kier alpha value is -1.99. The van der Waals surface area contributed by atoms with E-state index in [1.54, 1.807) is 6.07 Å². The molecule has 0 bridgehead atoms. The number of hydrogen-bond acceptors (Lipinski definition) is 6. The number of aromatic nitrogens is 3. The Labute approximate surface area is 129 Å². The first-order valence-corrected chi connectivity index (χ1v) is 7.64. The zero-order valence-corrected chi connectivity index (χ0v) is 12.8. The molecular weight excluding hydrogens is 282 g/mol. The molecule has 1 aliphatic rings. The van der Waals surface area contributed by atoms with Gasteiger partial charge in [-0.25, -0.2) is 4.98 Å². The number of rotatable bonds is 5. The number of nitrogens with one attached hydrogen (secondary N) is 1. The van der Waals surface area contributed by atoms with Gasteiger partial charge in [0.25, 0.3) is 11.5 Å². The van der Waals surface area contributed by atoms with Crippen molar-refractivity contribution in [2.24, 2.45) is 0 Å². The average molecular weight is 303 g/mol. The van der Waals surface area contributed by atoms with Crippen molar-refractivity contribution in [2.75, 3.05) is 44.7 Å². The molecule has 2 heterocycles. The van der Waals surface area contributed by atoms with Gasteiger partial charge in [-0.2, -0.15) is 0 Å². The van der Waals surface area contributed by atoms with E-state index in [2.05, 4.69) is 20.3 Å². The van der Waals surface area contributed by atoms with Crippen LogP contribution in [0, 0.1) is 12.1 Å². The molecule has 0 aliphatic carbocycles. The van der Waals surface area contributed by atoms with Crippen LogP contribution in [0.1, 0.15) is 12.0 Å². The normalized spacial score (nSPS) is 16.0. The fourth-order valence-electron chi connectivity index (χ4n) is 2.56. The van der Waals surface area contributed by atoms with Crippen LogP contribution in [0.2, 0.25) is 0 Å². The molecule has 1 aromatic heterocycles. The predicted molar refractivity (Wildman–Crippen MR) is 83.6 cm³/mol. The summed E-state index contributed by atoms with van der Waals surface area (Å²) in [5.74, 6) is 0.384. The fraction of sp³-hybridized carbons (Fsp3) is 0.533. The standard InChI is InChI=1S/C15H21N5O2/c1-12-3-4-14-13(11-12)17-15(18-20(14)21)16-5-2-6-19-7-9-22-10-8-19/h3-4,11H,2,5-10H2,1H3,(H,16,17,18). The summed E-state index contributed by atoms with van der Waals surface area (Å²) in [5, 5.41) is 19.0. The summed E-state index contributed by atoms with van der Waals surface area (Å²) in [6.45, 7) is 7.35. The molecule has 1 aliphatic heterocycles. The van der Waals surface area contributed by atoms with Gasteiger partial charge < -0.3 is 15.3 Å². The first-order valence-electron chi connectivity index (χ1n) is 7.64. The quantitative estimate of drug-likeness (QED) is 0.498.